The number of fused-ring (bicyclic) bond motifs is 1. The summed E-state index contributed by atoms with van der Waals surface area (Å²) in [6.45, 7) is 6.58. The fourth-order valence-electron chi connectivity index (χ4n) is 5.03. The Morgan fingerprint density at radius 1 is 0.762 bits per heavy atom. The minimum Gasteiger partial charge on any atom is -0.463 e. The van der Waals surface area contributed by atoms with Crippen molar-refractivity contribution in [3.63, 3.8) is 0 Å². The minimum atomic E-state index is -0.835. The molecule has 0 amide bonds. The van der Waals surface area contributed by atoms with Crippen LogP contribution in [-0.4, -0.2) is 35.7 Å². The Labute approximate surface area is 249 Å². The van der Waals surface area contributed by atoms with E-state index in [0.717, 1.165) is 41.3 Å². The summed E-state index contributed by atoms with van der Waals surface area (Å²) in [5.41, 5.74) is 3.02. The van der Waals surface area contributed by atoms with E-state index in [1.807, 2.05) is 53.1 Å². The van der Waals surface area contributed by atoms with Crippen molar-refractivity contribution in [3.8, 4) is 5.88 Å². The van der Waals surface area contributed by atoms with E-state index in [1.54, 1.807) is 19.9 Å². The van der Waals surface area contributed by atoms with Crippen molar-refractivity contribution in [3.05, 3.63) is 71.3 Å². The normalized spacial score (nSPS) is 11.2. The molecule has 0 aliphatic carbocycles. The van der Waals surface area contributed by atoms with Crippen LogP contribution in [0.4, 0.5) is 4.79 Å². The summed E-state index contributed by atoms with van der Waals surface area (Å²) >= 11 is 0. The molecule has 1 heterocycles. The summed E-state index contributed by atoms with van der Waals surface area (Å²) < 4.78 is 17.6. The second-order valence-electron chi connectivity index (χ2n) is 10.4. The van der Waals surface area contributed by atoms with Crippen LogP contribution in [0.3, 0.4) is 0 Å². The van der Waals surface area contributed by atoms with Gasteiger partial charge in [-0.25, -0.2) is 9.59 Å². The average Bonchev–Trinajstić information content (AvgIpc) is 3.28. The molecule has 0 spiro atoms. The Bertz CT molecular complexity index is 1320. The van der Waals surface area contributed by atoms with Crippen LogP contribution in [0.25, 0.3) is 17.0 Å². The Kier molecular flexibility index (Phi) is 13.9. The Morgan fingerprint density at radius 3 is 2.07 bits per heavy atom. The van der Waals surface area contributed by atoms with Gasteiger partial charge in [0.2, 0.25) is 5.88 Å². The predicted octanol–water partition coefficient (Wildman–Crippen LogP) is 8.90. The SMILES string of the molecule is CCCCCCCCCCCC(=O)c1c(OC(=O)OCC)n(Cc2ccc(C=CC(=O)OCC)cc2)c2ccccc12. The number of carbonyl (C=O) groups is 3. The third kappa shape index (κ3) is 9.89. The second kappa shape index (κ2) is 17.8. The molecular weight excluding hydrogens is 530 g/mol. The number of hydrogen-bond donors (Lipinski definition) is 0. The Balaban J connectivity index is 1.80. The molecule has 0 saturated carbocycles. The molecule has 0 aliphatic rings. The second-order valence-corrected chi connectivity index (χ2v) is 10.4. The zero-order chi connectivity index (χ0) is 30.2. The molecule has 7 nitrogen and oxygen atoms in total. The summed E-state index contributed by atoms with van der Waals surface area (Å²) in [5, 5.41) is 0.756. The van der Waals surface area contributed by atoms with Crippen LogP contribution in [0.1, 0.15) is 106 Å². The maximum Gasteiger partial charge on any atom is 0.515 e. The van der Waals surface area contributed by atoms with Crippen LogP contribution in [0.15, 0.2) is 54.6 Å². The number of para-hydroxylation sites is 1. The van der Waals surface area contributed by atoms with E-state index in [4.69, 9.17) is 14.2 Å². The van der Waals surface area contributed by atoms with Crippen molar-refractivity contribution in [2.45, 2.75) is 91.5 Å². The maximum atomic E-state index is 13.6. The number of rotatable bonds is 18. The molecule has 0 atom stereocenters. The molecule has 226 valence electrons. The van der Waals surface area contributed by atoms with Gasteiger partial charge in [-0.1, -0.05) is 101 Å². The third-order valence-electron chi connectivity index (χ3n) is 7.17. The fraction of sp³-hybridized carbons (Fsp3) is 0.457. The minimum absolute atomic E-state index is 0.0355. The number of ketones is 1. The van der Waals surface area contributed by atoms with Gasteiger partial charge in [-0.2, -0.15) is 0 Å². The van der Waals surface area contributed by atoms with Crippen molar-refractivity contribution in [1.82, 2.24) is 4.57 Å². The first kappa shape index (κ1) is 32.6. The quantitative estimate of drug-likeness (QED) is 0.0652. The van der Waals surface area contributed by atoms with Gasteiger partial charge in [-0.3, -0.25) is 4.79 Å². The zero-order valence-corrected chi connectivity index (χ0v) is 25.4. The smallest absolute Gasteiger partial charge is 0.463 e. The van der Waals surface area contributed by atoms with Crippen molar-refractivity contribution >= 4 is 34.9 Å². The lowest BCUT2D eigenvalue weighted by molar-refractivity contribution is -0.137. The van der Waals surface area contributed by atoms with Crippen LogP contribution in [0.2, 0.25) is 0 Å². The highest BCUT2D eigenvalue weighted by Gasteiger charge is 2.26. The van der Waals surface area contributed by atoms with Crippen LogP contribution in [0, 0.1) is 0 Å². The van der Waals surface area contributed by atoms with E-state index < -0.39 is 6.16 Å². The number of nitrogens with zero attached hydrogens (tertiary/aromatic N) is 1. The number of esters is 1. The average molecular weight is 576 g/mol. The van der Waals surface area contributed by atoms with Gasteiger partial charge in [0.1, 0.15) is 0 Å². The first-order chi connectivity index (χ1) is 20.5. The molecule has 2 aromatic carbocycles. The maximum absolute atomic E-state index is 13.6. The Hall–Kier alpha value is -3.87. The number of aromatic nitrogens is 1. The molecule has 3 aromatic rings. The van der Waals surface area contributed by atoms with Gasteiger partial charge >= 0.3 is 12.1 Å². The Morgan fingerprint density at radius 2 is 1.40 bits per heavy atom. The van der Waals surface area contributed by atoms with E-state index in [1.165, 1.54) is 44.6 Å². The molecule has 0 radical (unpaired) electrons. The highest BCUT2D eigenvalue weighted by Crippen LogP contribution is 2.35. The zero-order valence-electron chi connectivity index (χ0n) is 25.4. The van der Waals surface area contributed by atoms with E-state index in [2.05, 4.69) is 6.92 Å². The van der Waals surface area contributed by atoms with Crippen molar-refractivity contribution < 1.29 is 28.6 Å². The van der Waals surface area contributed by atoms with Crippen molar-refractivity contribution in [2.75, 3.05) is 13.2 Å². The van der Waals surface area contributed by atoms with Crippen molar-refractivity contribution in [2.24, 2.45) is 0 Å². The van der Waals surface area contributed by atoms with E-state index in [9.17, 15) is 14.4 Å². The molecule has 3 rings (SSSR count). The number of ether oxygens (including phenoxy) is 3. The molecule has 0 N–H and O–H groups in total. The largest absolute Gasteiger partial charge is 0.515 e. The number of hydrogen-bond acceptors (Lipinski definition) is 6. The molecule has 0 aliphatic heterocycles. The number of Topliss-reactive ketones (excluding diaryl/α,β-unsaturated/α-hetero) is 1. The lowest BCUT2D eigenvalue weighted by Crippen LogP contribution is -2.15. The van der Waals surface area contributed by atoms with Crippen LogP contribution >= 0.6 is 0 Å². The third-order valence-corrected chi connectivity index (χ3v) is 7.17. The number of carbonyl (C=O) groups excluding carboxylic acids is 3. The monoisotopic (exact) mass is 575 g/mol. The van der Waals surface area contributed by atoms with Gasteiger partial charge in [0, 0.05) is 17.9 Å². The molecule has 0 bridgehead atoms. The van der Waals surface area contributed by atoms with Gasteiger partial charge in [0.15, 0.2) is 5.78 Å². The summed E-state index contributed by atoms with van der Waals surface area (Å²) in [5.74, 6) is -0.214. The molecule has 0 unspecified atom stereocenters. The molecule has 0 saturated heterocycles. The van der Waals surface area contributed by atoms with Gasteiger partial charge < -0.3 is 18.8 Å². The first-order valence-electron chi connectivity index (χ1n) is 15.4. The topological polar surface area (TPSA) is 83.8 Å². The van der Waals surface area contributed by atoms with E-state index >= 15 is 0 Å². The summed E-state index contributed by atoms with van der Waals surface area (Å²) in [7, 11) is 0. The van der Waals surface area contributed by atoms with Gasteiger partial charge in [0.05, 0.1) is 30.8 Å². The van der Waals surface area contributed by atoms with Crippen LogP contribution in [-0.2, 0) is 20.8 Å². The van der Waals surface area contributed by atoms with Crippen molar-refractivity contribution in [1.29, 1.82) is 0 Å². The lowest BCUT2D eigenvalue weighted by Gasteiger charge is -2.12. The number of benzene rings is 2. The molecule has 1 aromatic heterocycles. The van der Waals surface area contributed by atoms with Gasteiger partial charge in [0.25, 0.3) is 0 Å². The fourth-order valence-corrected chi connectivity index (χ4v) is 5.03. The highest BCUT2D eigenvalue weighted by molar-refractivity contribution is 6.11. The summed E-state index contributed by atoms with van der Waals surface area (Å²) in [6, 6.07) is 15.3. The standard InChI is InChI=1S/C35H45NO6/c1-4-7-8-9-10-11-12-13-14-19-31(37)33-29-17-15-16-18-30(29)36(34(33)42-35(39)41-6-3)26-28-22-20-27(21-23-28)24-25-32(38)40-5-2/h15-18,20-25H,4-14,19,26H2,1-3H3. The number of unbranched alkanes of at least 4 members (excludes halogenated alkanes) is 8. The molecule has 0 fully saturated rings. The first-order valence-corrected chi connectivity index (χ1v) is 15.4. The molecular formula is C35H45NO6. The van der Waals surface area contributed by atoms with Gasteiger partial charge in [-0.15, -0.1) is 0 Å². The van der Waals surface area contributed by atoms with Crippen LogP contribution < -0.4 is 4.74 Å². The summed E-state index contributed by atoms with van der Waals surface area (Å²) in [6.07, 6.45) is 13.2. The molecule has 42 heavy (non-hydrogen) atoms. The highest BCUT2D eigenvalue weighted by atomic mass is 16.7. The van der Waals surface area contributed by atoms with E-state index in [0.29, 0.717) is 25.1 Å². The van der Waals surface area contributed by atoms with E-state index in [-0.39, 0.29) is 24.2 Å². The summed E-state index contributed by atoms with van der Waals surface area (Å²) in [4.78, 5) is 37.8. The predicted molar refractivity (Wildman–Crippen MR) is 167 cm³/mol. The lowest BCUT2D eigenvalue weighted by atomic mass is 10.0. The van der Waals surface area contributed by atoms with Crippen LogP contribution in [0.5, 0.6) is 5.88 Å². The molecule has 7 heteroatoms. The van der Waals surface area contributed by atoms with Gasteiger partial charge in [-0.05, 0) is 43.5 Å².